The van der Waals surface area contributed by atoms with E-state index in [0.29, 0.717) is 25.6 Å². The third kappa shape index (κ3) is 7.82. The maximum absolute atomic E-state index is 11.6. The highest BCUT2D eigenvalue weighted by molar-refractivity contribution is 5.78. The summed E-state index contributed by atoms with van der Waals surface area (Å²) >= 11 is 0. The summed E-state index contributed by atoms with van der Waals surface area (Å²) in [5, 5.41) is 8.99. The normalized spacial score (nSPS) is 14.5. The molecule has 1 rings (SSSR count). The van der Waals surface area contributed by atoms with Crippen LogP contribution in [0.5, 0.6) is 0 Å². The maximum atomic E-state index is 11.6. The van der Waals surface area contributed by atoms with Gasteiger partial charge in [-0.05, 0) is 38.6 Å². The molecule has 2 amide bonds. The van der Waals surface area contributed by atoms with Gasteiger partial charge in [0.2, 0.25) is 11.8 Å². The monoisotopic (exact) mass is 269 g/mol. The summed E-state index contributed by atoms with van der Waals surface area (Å²) in [4.78, 5) is 23.0. The van der Waals surface area contributed by atoms with Gasteiger partial charge in [-0.25, -0.2) is 0 Å². The quantitative estimate of drug-likeness (QED) is 0.517. The van der Waals surface area contributed by atoms with Crippen LogP contribution in [0.2, 0.25) is 0 Å². The summed E-state index contributed by atoms with van der Waals surface area (Å²) in [7, 11) is 0. The van der Waals surface area contributed by atoms with Crippen molar-refractivity contribution in [3.63, 3.8) is 0 Å². The lowest BCUT2D eigenvalue weighted by Gasteiger charge is -2.14. The minimum atomic E-state index is 0.0381. The molecule has 0 aromatic rings. The maximum Gasteiger partial charge on any atom is 0.234 e. The molecule has 3 N–H and O–H groups in total. The Bertz CT molecular complexity index is 286. The van der Waals surface area contributed by atoms with Gasteiger partial charge in [0.25, 0.3) is 0 Å². The molecule has 0 aromatic heterocycles. The minimum absolute atomic E-state index is 0.0381. The average molecular weight is 269 g/mol. The summed E-state index contributed by atoms with van der Waals surface area (Å²) in [6.45, 7) is 5.18. The highest BCUT2D eigenvalue weighted by atomic mass is 16.2. The molecule has 0 unspecified atom stereocenters. The van der Waals surface area contributed by atoms with Crippen molar-refractivity contribution in [3.05, 3.63) is 0 Å². The van der Waals surface area contributed by atoms with Crippen LogP contribution in [-0.4, -0.2) is 37.0 Å². The molecule has 0 aliphatic heterocycles. The van der Waals surface area contributed by atoms with Crippen molar-refractivity contribution in [2.45, 2.75) is 64.5 Å². The number of hydrogen-bond acceptors (Lipinski definition) is 3. The Hall–Kier alpha value is -1.10. The SMILES string of the molecule is CCC(CC)NC(=O)CNCCCC(=O)NC1CC1. The molecule has 1 fully saturated rings. The molecule has 0 aromatic carbocycles. The standard InChI is InChI=1S/C14H27N3O2/c1-3-11(4-2)16-14(19)10-15-9-5-6-13(18)17-12-7-8-12/h11-12,15H,3-10H2,1-2H3,(H,16,19)(H,17,18). The largest absolute Gasteiger partial charge is 0.353 e. The van der Waals surface area contributed by atoms with Gasteiger partial charge < -0.3 is 16.0 Å². The number of carbonyl (C=O) groups is 2. The first-order valence-electron chi connectivity index (χ1n) is 7.45. The molecular weight excluding hydrogens is 242 g/mol. The van der Waals surface area contributed by atoms with Gasteiger partial charge in [0.1, 0.15) is 0 Å². The van der Waals surface area contributed by atoms with Crippen molar-refractivity contribution in [2.24, 2.45) is 0 Å². The van der Waals surface area contributed by atoms with Crippen molar-refractivity contribution in [1.29, 1.82) is 0 Å². The van der Waals surface area contributed by atoms with E-state index in [4.69, 9.17) is 0 Å². The molecule has 5 heteroatoms. The lowest BCUT2D eigenvalue weighted by molar-refractivity contribution is -0.121. The molecule has 1 saturated carbocycles. The molecule has 0 heterocycles. The Morgan fingerprint density at radius 1 is 1.16 bits per heavy atom. The van der Waals surface area contributed by atoms with Crippen LogP contribution in [0.25, 0.3) is 0 Å². The van der Waals surface area contributed by atoms with E-state index in [0.717, 1.165) is 32.1 Å². The first-order chi connectivity index (χ1) is 9.15. The molecule has 5 nitrogen and oxygen atoms in total. The molecule has 19 heavy (non-hydrogen) atoms. The van der Waals surface area contributed by atoms with Gasteiger partial charge in [0.15, 0.2) is 0 Å². The number of carbonyl (C=O) groups excluding carboxylic acids is 2. The molecule has 0 spiro atoms. The Balaban J connectivity index is 1.94. The van der Waals surface area contributed by atoms with Gasteiger partial charge in [-0.3, -0.25) is 9.59 Å². The summed E-state index contributed by atoms with van der Waals surface area (Å²) in [6.07, 6.45) is 5.49. The fourth-order valence-corrected chi connectivity index (χ4v) is 1.87. The highest BCUT2D eigenvalue weighted by Crippen LogP contribution is 2.18. The lowest BCUT2D eigenvalue weighted by atomic mass is 10.2. The Morgan fingerprint density at radius 2 is 1.84 bits per heavy atom. The van der Waals surface area contributed by atoms with Gasteiger partial charge in [-0.1, -0.05) is 13.8 Å². The predicted octanol–water partition coefficient (Wildman–Crippen LogP) is 0.940. The zero-order chi connectivity index (χ0) is 14.1. The topological polar surface area (TPSA) is 70.2 Å². The third-order valence-electron chi connectivity index (χ3n) is 3.34. The van der Waals surface area contributed by atoms with Crippen molar-refractivity contribution in [3.8, 4) is 0 Å². The highest BCUT2D eigenvalue weighted by Gasteiger charge is 2.22. The second-order valence-corrected chi connectivity index (χ2v) is 5.20. The van der Waals surface area contributed by atoms with Gasteiger partial charge in [0.05, 0.1) is 6.54 Å². The van der Waals surface area contributed by atoms with Gasteiger partial charge in [-0.15, -0.1) is 0 Å². The van der Waals surface area contributed by atoms with Crippen LogP contribution in [0.4, 0.5) is 0 Å². The fraction of sp³-hybridized carbons (Fsp3) is 0.857. The first kappa shape index (κ1) is 16.0. The number of nitrogens with one attached hydrogen (secondary N) is 3. The van der Waals surface area contributed by atoms with E-state index in [1.54, 1.807) is 0 Å². The van der Waals surface area contributed by atoms with Crippen LogP contribution < -0.4 is 16.0 Å². The molecule has 0 bridgehead atoms. The fourth-order valence-electron chi connectivity index (χ4n) is 1.87. The van der Waals surface area contributed by atoms with Crippen molar-refractivity contribution in [1.82, 2.24) is 16.0 Å². The lowest BCUT2D eigenvalue weighted by Crippen LogP contribution is -2.40. The molecule has 1 aliphatic rings. The molecule has 1 aliphatic carbocycles. The molecule has 0 radical (unpaired) electrons. The number of rotatable bonds is 10. The second-order valence-electron chi connectivity index (χ2n) is 5.20. The molecular formula is C14H27N3O2. The summed E-state index contributed by atoms with van der Waals surface area (Å²) in [5.41, 5.74) is 0. The van der Waals surface area contributed by atoms with Gasteiger partial charge >= 0.3 is 0 Å². The van der Waals surface area contributed by atoms with E-state index < -0.39 is 0 Å². The van der Waals surface area contributed by atoms with Crippen LogP contribution >= 0.6 is 0 Å². The van der Waals surface area contributed by atoms with Crippen molar-refractivity contribution >= 4 is 11.8 Å². The molecule has 0 saturated heterocycles. The average Bonchev–Trinajstić information content (AvgIpc) is 3.19. The zero-order valence-electron chi connectivity index (χ0n) is 12.1. The van der Waals surface area contributed by atoms with E-state index in [1.165, 1.54) is 0 Å². The first-order valence-corrected chi connectivity index (χ1v) is 7.45. The van der Waals surface area contributed by atoms with Crippen LogP contribution in [-0.2, 0) is 9.59 Å². The van der Waals surface area contributed by atoms with Crippen molar-refractivity contribution < 1.29 is 9.59 Å². The Labute approximate surface area is 115 Å². The van der Waals surface area contributed by atoms with Gasteiger partial charge in [-0.2, -0.15) is 0 Å². The minimum Gasteiger partial charge on any atom is -0.353 e. The van der Waals surface area contributed by atoms with E-state index >= 15 is 0 Å². The third-order valence-corrected chi connectivity index (χ3v) is 3.34. The Morgan fingerprint density at radius 3 is 2.42 bits per heavy atom. The molecule has 110 valence electrons. The van der Waals surface area contributed by atoms with E-state index in [-0.39, 0.29) is 17.9 Å². The van der Waals surface area contributed by atoms with E-state index in [1.807, 2.05) is 0 Å². The van der Waals surface area contributed by atoms with Crippen LogP contribution in [0.15, 0.2) is 0 Å². The number of amides is 2. The Kier molecular flexibility index (Phi) is 7.48. The van der Waals surface area contributed by atoms with E-state index in [2.05, 4.69) is 29.8 Å². The van der Waals surface area contributed by atoms with Gasteiger partial charge in [0, 0.05) is 18.5 Å². The van der Waals surface area contributed by atoms with Crippen LogP contribution in [0.1, 0.15) is 52.4 Å². The van der Waals surface area contributed by atoms with Crippen LogP contribution in [0.3, 0.4) is 0 Å². The predicted molar refractivity (Wildman–Crippen MR) is 75.8 cm³/mol. The van der Waals surface area contributed by atoms with E-state index in [9.17, 15) is 9.59 Å². The summed E-state index contributed by atoms with van der Waals surface area (Å²) in [6, 6.07) is 0.713. The number of hydrogen-bond donors (Lipinski definition) is 3. The molecule has 0 atom stereocenters. The summed E-state index contributed by atoms with van der Waals surface area (Å²) < 4.78 is 0. The smallest absolute Gasteiger partial charge is 0.234 e. The zero-order valence-corrected chi connectivity index (χ0v) is 12.1. The van der Waals surface area contributed by atoms with Crippen molar-refractivity contribution in [2.75, 3.05) is 13.1 Å². The second kappa shape index (κ2) is 8.91. The summed E-state index contributed by atoms with van der Waals surface area (Å²) in [5.74, 6) is 0.168. The van der Waals surface area contributed by atoms with Crippen LogP contribution in [0, 0.1) is 0 Å².